The highest BCUT2D eigenvalue weighted by molar-refractivity contribution is 6.15. The number of rotatable bonds is 9. The third-order valence-corrected chi connectivity index (χ3v) is 29.1. The molecule has 5 aliphatic heterocycles. The number of hydrogen-bond acceptors (Lipinski definition) is 24. The normalized spacial score (nSPS) is 16.4. The lowest BCUT2D eigenvalue weighted by atomic mass is 9.92. The average Bonchev–Trinajstić information content (AvgIpc) is 1.60. The van der Waals surface area contributed by atoms with Gasteiger partial charge in [0.2, 0.25) is 28.6 Å². The van der Waals surface area contributed by atoms with Crippen LogP contribution in [0.4, 0.5) is 85.8 Å². The molecule has 0 saturated carbocycles. The first-order valence-corrected chi connectivity index (χ1v) is 48.9. The largest absolute Gasteiger partial charge is 0.435 e. The molecule has 0 saturated heterocycles. The SMILES string of the molecule is Cc1ccc2c(n1)oc1c(N3C=CN(c4c(C(C)C)cccc4C(C)C)[C@@H]3C)c(C)ccc12.Cc1ccc2c(n1)oc1c(N3c4ccccc4N(c4ccccc4)[C@@H]3C)c(C)ccc12.Cc1ccc2c(n1)oc1c(N3c4cccnc4N(C)[C@@H]3C)c(C)ccc12.Cc1ccc2c(n1)oc1c(N3c4ncccc4N(C)[C@@H]3C)c(C)ccc12.Cc1ccc2c(n1)oc1c(N3c4nccnc4N(C)[C@@H]3C)c(C)ccc12. The molecular formula is C118H115N19O5. The highest BCUT2D eigenvalue weighted by Crippen LogP contribution is 2.55. The Morgan fingerprint density at radius 1 is 0.239 bits per heavy atom. The molecular weight excluding hydrogens is 1760 g/mol. The molecule has 0 aliphatic carbocycles. The first-order chi connectivity index (χ1) is 68.6. The summed E-state index contributed by atoms with van der Waals surface area (Å²) in [6, 6.07) is 76.3. The van der Waals surface area contributed by atoms with Crippen molar-refractivity contribution in [3.05, 3.63) is 323 Å². The van der Waals surface area contributed by atoms with Gasteiger partial charge >= 0.3 is 0 Å². The molecule has 0 spiro atoms. The summed E-state index contributed by atoms with van der Waals surface area (Å²) < 4.78 is 31.5. The zero-order valence-corrected chi connectivity index (χ0v) is 84.3. The summed E-state index contributed by atoms with van der Waals surface area (Å²) >= 11 is 0. The van der Waals surface area contributed by atoms with E-state index in [1.54, 1.807) is 12.4 Å². The summed E-state index contributed by atoms with van der Waals surface area (Å²) in [7, 11) is 6.22. The Bertz CT molecular complexity index is 8140. The number of pyridine rings is 7. The number of aryl methyl sites for hydroxylation is 10. The van der Waals surface area contributed by atoms with Gasteiger partial charge in [-0.15, -0.1) is 0 Å². The summed E-state index contributed by atoms with van der Waals surface area (Å²) in [4.78, 5) is 64.2. The molecule has 0 bridgehead atoms. The van der Waals surface area contributed by atoms with Crippen molar-refractivity contribution in [1.29, 1.82) is 0 Å². The van der Waals surface area contributed by atoms with Crippen molar-refractivity contribution < 1.29 is 22.1 Å². The van der Waals surface area contributed by atoms with Crippen LogP contribution < -0.4 is 49.0 Å². The van der Waals surface area contributed by atoms with Crippen molar-refractivity contribution >= 4 is 196 Å². The fourth-order valence-electron chi connectivity index (χ4n) is 21.5. The zero-order chi connectivity index (χ0) is 98.5. The second-order valence-electron chi connectivity index (χ2n) is 38.8. The van der Waals surface area contributed by atoms with Crippen molar-refractivity contribution in [3.63, 3.8) is 0 Å². The fourth-order valence-corrected chi connectivity index (χ4v) is 21.5. The van der Waals surface area contributed by atoms with Gasteiger partial charge in [0.05, 0.1) is 51.2 Å². The van der Waals surface area contributed by atoms with Gasteiger partial charge in [-0.2, -0.15) is 0 Å². The minimum Gasteiger partial charge on any atom is -0.435 e. The highest BCUT2D eigenvalue weighted by atomic mass is 16.4. The van der Waals surface area contributed by atoms with Gasteiger partial charge < -0.3 is 66.2 Å². The van der Waals surface area contributed by atoms with Crippen molar-refractivity contribution in [3.8, 4) is 0 Å². The Morgan fingerprint density at radius 3 is 0.972 bits per heavy atom. The third-order valence-electron chi connectivity index (χ3n) is 29.1. The molecule has 142 heavy (non-hydrogen) atoms. The second kappa shape index (κ2) is 35.5. The molecule has 8 aromatic carbocycles. The number of hydrogen-bond donors (Lipinski definition) is 0. The summed E-state index contributed by atoms with van der Waals surface area (Å²) in [6.07, 6.45) is 12.1. The zero-order valence-electron chi connectivity index (χ0n) is 84.3. The maximum absolute atomic E-state index is 6.39. The summed E-state index contributed by atoms with van der Waals surface area (Å²) in [5, 5.41) is 10.7. The van der Waals surface area contributed by atoms with Crippen molar-refractivity contribution in [2.24, 2.45) is 0 Å². The molecule has 0 unspecified atom stereocenters. The van der Waals surface area contributed by atoms with Gasteiger partial charge in [0.1, 0.15) is 30.8 Å². The van der Waals surface area contributed by atoms with Crippen LogP contribution in [-0.2, 0) is 0 Å². The first kappa shape index (κ1) is 90.8. The van der Waals surface area contributed by atoms with Gasteiger partial charge in [0.15, 0.2) is 51.2 Å². The van der Waals surface area contributed by atoms with E-state index < -0.39 is 0 Å². The summed E-state index contributed by atoms with van der Waals surface area (Å²) in [5.74, 6) is 4.57. The topological polar surface area (TPSA) is 214 Å². The minimum absolute atomic E-state index is 0.0830. The van der Waals surface area contributed by atoms with Crippen molar-refractivity contribution in [2.75, 3.05) is 70.1 Å². The van der Waals surface area contributed by atoms with Crippen LogP contribution in [0.5, 0.6) is 0 Å². The predicted molar refractivity (Wildman–Crippen MR) is 580 cm³/mol. The molecule has 0 radical (unpaired) electrons. The van der Waals surface area contributed by atoms with E-state index in [0.717, 1.165) is 184 Å². The second-order valence-corrected chi connectivity index (χ2v) is 38.8. The smallest absolute Gasteiger partial charge is 0.227 e. The lowest BCUT2D eigenvalue weighted by Crippen LogP contribution is -2.37. The van der Waals surface area contributed by atoms with E-state index in [-0.39, 0.29) is 30.8 Å². The summed E-state index contributed by atoms with van der Waals surface area (Å²) in [6.45, 7) is 40.7. The quantitative estimate of drug-likeness (QED) is 0.131. The molecule has 0 fully saturated rings. The molecule has 712 valence electrons. The number of nitrogens with zero attached hydrogens (tertiary/aromatic N) is 19. The molecule has 5 atom stereocenters. The Morgan fingerprint density at radius 2 is 0.549 bits per heavy atom. The van der Waals surface area contributed by atoms with Crippen molar-refractivity contribution in [1.82, 2.24) is 44.9 Å². The van der Waals surface area contributed by atoms with E-state index in [1.807, 2.05) is 96.5 Å². The Kier molecular flexibility index (Phi) is 22.7. The first-order valence-electron chi connectivity index (χ1n) is 48.9. The van der Waals surface area contributed by atoms with Crippen molar-refractivity contribution in [2.45, 2.75) is 174 Å². The number of benzene rings is 8. The summed E-state index contributed by atoms with van der Waals surface area (Å²) in [5.41, 5.74) is 33.8. The minimum atomic E-state index is 0.0830. The van der Waals surface area contributed by atoms with Gasteiger partial charge in [-0.05, 0) is 264 Å². The maximum atomic E-state index is 6.39. The number of furan rings is 5. The van der Waals surface area contributed by atoms with Crippen LogP contribution in [0.25, 0.3) is 110 Å². The Hall–Kier alpha value is -16.4. The lowest BCUT2D eigenvalue weighted by Gasteiger charge is -2.34. The molecule has 21 aromatic rings. The van der Waals surface area contributed by atoms with Crippen LogP contribution in [0.2, 0.25) is 0 Å². The molecule has 0 amide bonds. The molecule has 5 aliphatic rings. The maximum Gasteiger partial charge on any atom is 0.227 e. The van der Waals surface area contributed by atoms with E-state index >= 15 is 0 Å². The molecule has 13 aromatic heterocycles. The van der Waals surface area contributed by atoms with Gasteiger partial charge in [-0.25, -0.2) is 44.9 Å². The van der Waals surface area contributed by atoms with E-state index in [4.69, 9.17) is 22.1 Å². The van der Waals surface area contributed by atoms with Gasteiger partial charge in [0, 0.05) is 152 Å². The number of anilines is 15. The number of fused-ring (bicyclic) bond motifs is 19. The third kappa shape index (κ3) is 15.0. The van der Waals surface area contributed by atoms with Crippen LogP contribution in [0.1, 0.15) is 142 Å². The Balaban J connectivity index is 0.000000102. The average molecular weight is 1880 g/mol. The van der Waals surface area contributed by atoms with E-state index in [0.29, 0.717) is 40.4 Å². The molecule has 26 rings (SSSR count). The van der Waals surface area contributed by atoms with Crippen LogP contribution in [0, 0.1) is 69.2 Å². The van der Waals surface area contributed by atoms with Crippen LogP contribution in [0.15, 0.2) is 278 Å². The number of aromatic nitrogens is 9. The van der Waals surface area contributed by atoms with Crippen LogP contribution in [-0.4, -0.2) is 96.8 Å². The van der Waals surface area contributed by atoms with Gasteiger partial charge in [-0.1, -0.05) is 137 Å². The predicted octanol–water partition coefficient (Wildman–Crippen LogP) is 29.4. The fraction of sp³-hybridized carbons (Fsp3) is 0.246. The van der Waals surface area contributed by atoms with Gasteiger partial charge in [-0.3, -0.25) is 4.90 Å². The molecule has 18 heterocycles. The van der Waals surface area contributed by atoms with E-state index in [1.165, 1.54) is 50.6 Å². The van der Waals surface area contributed by atoms with Crippen LogP contribution in [0.3, 0.4) is 0 Å². The molecule has 0 N–H and O–H groups in total. The number of para-hydroxylation sites is 4. The van der Waals surface area contributed by atoms with Crippen LogP contribution >= 0.6 is 0 Å². The lowest BCUT2D eigenvalue weighted by molar-refractivity contribution is 0.646. The van der Waals surface area contributed by atoms with E-state index in [2.05, 4.69) is 393 Å². The Labute approximate surface area is 825 Å². The van der Waals surface area contributed by atoms with Gasteiger partial charge in [0.25, 0.3) is 0 Å². The standard InChI is InChI=1S/C29H33N3O.C27H23N3O.2C21H20N4O.C20H19N5O/c1-17(2)22-9-8-10-23(18(3)4)27(22)32-16-15-31(21(32)7)26-19(5)11-13-24-25-14-12-20(6)30-29(25)33-28(24)26;1-17-13-15-21-22-16-14-18(2)28-27(22)31-26(21)25(17)30-19(3)29(20-9-5-4-6-10-20)23-11-7-8-12-24(23)30;1-12-7-9-15-16-10-8-13(2)23-21(16)26-19(15)18(12)25-14(3)24(4)20-17(25)6-5-11-22-20;1-12-7-9-15-16-10-8-13(2)23-21(16)26-19(15)18(12)25-14(3)24(4)17-6-5-11-22-20(17)25;1-11-5-7-14-15-8-6-12(2)23-20(15)26-17(14)16(11)25-13(3)24(4)18-19(25)22-10-9-21-18/h8-18,21H,1-7H3;4-16,19H,1-3H3;2*5-11,14H,1-4H3;5-10,13H,1-4H3/t21-;19-;2*14-;13-/m10000/s1. The monoisotopic (exact) mass is 1880 g/mol. The molecule has 24 heteroatoms. The highest BCUT2D eigenvalue weighted by Gasteiger charge is 2.42. The van der Waals surface area contributed by atoms with E-state index in [9.17, 15) is 0 Å². The molecule has 24 nitrogen and oxygen atoms in total.